The Morgan fingerprint density at radius 2 is 1.61 bits per heavy atom. The molecule has 0 aliphatic carbocycles. The second kappa shape index (κ2) is 21.3. The molecule has 2 atom stereocenters. The third kappa shape index (κ3) is 17.0. The first kappa shape index (κ1) is 35.5. The van der Waals surface area contributed by atoms with E-state index >= 15 is 0 Å². The van der Waals surface area contributed by atoms with E-state index in [0.717, 1.165) is 18.7 Å². The van der Waals surface area contributed by atoms with Crippen LogP contribution in [0.5, 0.6) is 0 Å². The van der Waals surface area contributed by atoms with E-state index in [4.69, 9.17) is 20.3 Å². The summed E-state index contributed by atoms with van der Waals surface area (Å²) in [5, 5.41) is 17.5. The fraction of sp³-hybridized carbons (Fsp3) is 0.621. The van der Waals surface area contributed by atoms with Crippen molar-refractivity contribution in [3.63, 3.8) is 0 Å². The van der Waals surface area contributed by atoms with Gasteiger partial charge in [-0.15, -0.1) is 0 Å². The van der Waals surface area contributed by atoms with Gasteiger partial charge in [0, 0.05) is 43.8 Å². The molecule has 0 spiro atoms. The molecule has 0 bridgehead atoms. The molecule has 1 aromatic carbocycles. The number of hydrogen-bond donors (Lipinski definition) is 5. The van der Waals surface area contributed by atoms with Gasteiger partial charge in [-0.25, -0.2) is 0 Å². The maximum Gasteiger partial charge on any atom is 0.306 e. The Balaban J connectivity index is 2.12. The highest BCUT2D eigenvalue weighted by molar-refractivity contribution is 5.94. The minimum absolute atomic E-state index is 0.00433. The van der Waals surface area contributed by atoms with Crippen molar-refractivity contribution in [2.75, 3.05) is 44.8 Å². The SMILES string of the molecule is CCCNc1ccc(C(=O)NCCCC[C@H](NC(=O)COCCOCCCC(=O)CC[C@H](C)C(=O)O)C(N)=O)cc1. The number of anilines is 1. The van der Waals surface area contributed by atoms with Gasteiger partial charge >= 0.3 is 5.97 Å². The third-order valence-electron chi connectivity index (χ3n) is 6.24. The Bertz CT molecular complexity index is 955. The summed E-state index contributed by atoms with van der Waals surface area (Å²) in [6, 6.07) is 6.42. The van der Waals surface area contributed by atoms with Gasteiger partial charge in [0.15, 0.2) is 0 Å². The van der Waals surface area contributed by atoms with Crippen molar-refractivity contribution in [3.05, 3.63) is 29.8 Å². The van der Waals surface area contributed by atoms with Crippen molar-refractivity contribution in [1.82, 2.24) is 10.6 Å². The Labute approximate surface area is 242 Å². The molecule has 1 aromatic rings. The molecule has 1 rings (SSSR count). The number of benzene rings is 1. The van der Waals surface area contributed by atoms with Crippen molar-refractivity contribution < 1.29 is 38.6 Å². The van der Waals surface area contributed by atoms with Gasteiger partial charge in [-0.2, -0.15) is 0 Å². The number of nitrogens with two attached hydrogens (primary N) is 1. The van der Waals surface area contributed by atoms with Crippen LogP contribution in [0.25, 0.3) is 0 Å². The molecule has 0 aromatic heterocycles. The van der Waals surface area contributed by atoms with Gasteiger partial charge < -0.3 is 36.3 Å². The van der Waals surface area contributed by atoms with Crippen LogP contribution in [0.1, 0.15) is 75.6 Å². The van der Waals surface area contributed by atoms with E-state index in [1.165, 1.54) is 0 Å². The molecular formula is C29H46N4O8. The fourth-order valence-electron chi connectivity index (χ4n) is 3.69. The summed E-state index contributed by atoms with van der Waals surface area (Å²) in [6.45, 7) is 5.45. The molecule has 12 nitrogen and oxygen atoms in total. The molecule has 6 N–H and O–H groups in total. The van der Waals surface area contributed by atoms with Crippen molar-refractivity contribution in [2.45, 2.75) is 71.3 Å². The predicted octanol–water partition coefficient (Wildman–Crippen LogP) is 2.26. The van der Waals surface area contributed by atoms with Crippen LogP contribution in [-0.4, -0.2) is 80.1 Å². The summed E-state index contributed by atoms with van der Waals surface area (Å²) in [6.07, 6.45) is 3.95. The van der Waals surface area contributed by atoms with Gasteiger partial charge in [0.2, 0.25) is 11.8 Å². The number of carboxylic acids is 1. The number of amides is 3. The quantitative estimate of drug-likeness (QED) is 0.115. The summed E-state index contributed by atoms with van der Waals surface area (Å²) in [4.78, 5) is 58.7. The molecule has 0 aliphatic heterocycles. The van der Waals surface area contributed by atoms with E-state index in [0.29, 0.717) is 57.2 Å². The summed E-state index contributed by atoms with van der Waals surface area (Å²) >= 11 is 0. The number of ether oxygens (including phenoxy) is 2. The Morgan fingerprint density at radius 1 is 0.902 bits per heavy atom. The minimum Gasteiger partial charge on any atom is -0.481 e. The number of ketones is 1. The standard InChI is InChI=1S/C29H46N4O8/c1-3-15-31-23-12-10-22(11-13-23)28(37)32-16-5-4-8-25(27(30)36)33-26(35)20-41-19-18-40-17-6-7-24(34)14-9-21(2)29(38)39/h10-13,21,25,31H,3-9,14-20H2,1-2H3,(H2,30,36)(H,32,37)(H,33,35)(H,38,39)/t21-,25-/m0/s1. The molecule has 230 valence electrons. The van der Waals surface area contributed by atoms with E-state index in [-0.39, 0.29) is 37.9 Å². The minimum atomic E-state index is -0.907. The predicted molar refractivity (Wildman–Crippen MR) is 154 cm³/mol. The lowest BCUT2D eigenvalue weighted by Gasteiger charge is -2.15. The number of hydrogen-bond acceptors (Lipinski definition) is 8. The molecule has 41 heavy (non-hydrogen) atoms. The van der Waals surface area contributed by atoms with E-state index in [2.05, 4.69) is 22.9 Å². The molecule has 0 fully saturated rings. The number of carboxylic acid groups (broad SMARTS) is 1. The maximum absolute atomic E-state index is 12.3. The zero-order chi connectivity index (χ0) is 30.5. The molecule has 3 amide bonds. The average molecular weight is 579 g/mol. The monoisotopic (exact) mass is 578 g/mol. The summed E-state index contributed by atoms with van der Waals surface area (Å²) in [7, 11) is 0. The van der Waals surface area contributed by atoms with Crippen LogP contribution < -0.4 is 21.7 Å². The molecule has 0 aliphatic rings. The van der Waals surface area contributed by atoms with Gasteiger partial charge in [0.25, 0.3) is 5.91 Å². The molecule has 0 saturated heterocycles. The number of primary amides is 1. The Hall–Kier alpha value is -3.51. The lowest BCUT2D eigenvalue weighted by molar-refractivity contribution is -0.141. The largest absolute Gasteiger partial charge is 0.481 e. The van der Waals surface area contributed by atoms with Crippen LogP contribution in [0.4, 0.5) is 5.69 Å². The number of nitrogens with one attached hydrogen (secondary N) is 3. The van der Waals surface area contributed by atoms with Gasteiger partial charge in [-0.3, -0.25) is 24.0 Å². The van der Waals surface area contributed by atoms with Crippen LogP contribution in [-0.2, 0) is 28.7 Å². The highest BCUT2D eigenvalue weighted by atomic mass is 16.5. The molecule has 0 unspecified atom stereocenters. The zero-order valence-corrected chi connectivity index (χ0v) is 24.2. The topological polar surface area (TPSA) is 186 Å². The van der Waals surface area contributed by atoms with Crippen LogP contribution in [0, 0.1) is 5.92 Å². The van der Waals surface area contributed by atoms with E-state index in [1.54, 1.807) is 19.1 Å². The van der Waals surface area contributed by atoms with Crippen LogP contribution >= 0.6 is 0 Å². The van der Waals surface area contributed by atoms with Crippen molar-refractivity contribution in [2.24, 2.45) is 11.7 Å². The lowest BCUT2D eigenvalue weighted by atomic mass is 10.0. The maximum atomic E-state index is 12.3. The number of aliphatic carboxylic acids is 1. The highest BCUT2D eigenvalue weighted by Gasteiger charge is 2.18. The fourth-order valence-corrected chi connectivity index (χ4v) is 3.69. The molecular weight excluding hydrogens is 532 g/mol. The van der Waals surface area contributed by atoms with Crippen molar-refractivity contribution in [1.29, 1.82) is 0 Å². The second-order valence-electron chi connectivity index (χ2n) is 9.86. The number of rotatable bonds is 24. The lowest BCUT2D eigenvalue weighted by Crippen LogP contribution is -2.45. The molecule has 0 saturated carbocycles. The first-order valence-electron chi connectivity index (χ1n) is 14.2. The number of unbranched alkanes of at least 4 members (excludes halogenated alkanes) is 1. The van der Waals surface area contributed by atoms with E-state index in [9.17, 15) is 24.0 Å². The summed E-state index contributed by atoms with van der Waals surface area (Å²) < 4.78 is 10.6. The van der Waals surface area contributed by atoms with Crippen LogP contribution in [0.15, 0.2) is 24.3 Å². The first-order chi connectivity index (χ1) is 19.6. The van der Waals surface area contributed by atoms with Gasteiger partial charge in [-0.1, -0.05) is 13.8 Å². The second-order valence-corrected chi connectivity index (χ2v) is 9.86. The number of carbonyl (C=O) groups excluding carboxylic acids is 4. The number of carbonyl (C=O) groups is 5. The summed E-state index contributed by atoms with van der Waals surface area (Å²) in [5.74, 6) is -2.73. The van der Waals surface area contributed by atoms with Crippen molar-refractivity contribution in [3.8, 4) is 0 Å². The zero-order valence-electron chi connectivity index (χ0n) is 24.2. The molecule has 0 heterocycles. The normalized spacial score (nSPS) is 12.2. The Morgan fingerprint density at radius 3 is 2.27 bits per heavy atom. The first-order valence-corrected chi connectivity index (χ1v) is 14.2. The average Bonchev–Trinajstić information content (AvgIpc) is 2.95. The summed E-state index contributed by atoms with van der Waals surface area (Å²) in [5.41, 5.74) is 6.95. The smallest absolute Gasteiger partial charge is 0.306 e. The van der Waals surface area contributed by atoms with Gasteiger partial charge in [0.05, 0.1) is 19.1 Å². The van der Waals surface area contributed by atoms with Crippen molar-refractivity contribution >= 4 is 35.2 Å². The van der Waals surface area contributed by atoms with Crippen LogP contribution in [0.3, 0.4) is 0 Å². The van der Waals surface area contributed by atoms with Crippen LogP contribution in [0.2, 0.25) is 0 Å². The number of Topliss-reactive ketones (excluding diaryl/α,β-unsaturated/α-hetero) is 1. The third-order valence-corrected chi connectivity index (χ3v) is 6.24. The highest BCUT2D eigenvalue weighted by Crippen LogP contribution is 2.10. The van der Waals surface area contributed by atoms with E-state index in [1.807, 2.05) is 12.1 Å². The molecule has 0 radical (unpaired) electrons. The van der Waals surface area contributed by atoms with Gasteiger partial charge in [0.1, 0.15) is 18.4 Å². The molecule has 12 heteroatoms. The Kier molecular flexibility index (Phi) is 18.4. The van der Waals surface area contributed by atoms with E-state index < -0.39 is 29.7 Å². The van der Waals surface area contributed by atoms with Gasteiger partial charge in [-0.05, 0) is 62.8 Å².